The smallest absolute Gasteiger partial charge is 0.272 e. The number of alkyl halides is 2. The molecule has 154 valence electrons. The number of guanidine groups is 1. The molecule has 0 aromatic heterocycles. The second-order valence-electron chi connectivity index (χ2n) is 5.78. The predicted octanol–water partition coefficient (Wildman–Crippen LogP) is 2.83. The van der Waals surface area contributed by atoms with Crippen molar-refractivity contribution < 1.29 is 23.0 Å². The first-order valence-corrected chi connectivity index (χ1v) is 9.25. The summed E-state index contributed by atoms with van der Waals surface area (Å²) in [6, 6.07) is 7.04. The van der Waals surface area contributed by atoms with Gasteiger partial charge in [-0.1, -0.05) is 25.5 Å². The van der Waals surface area contributed by atoms with Gasteiger partial charge in [0, 0.05) is 26.7 Å². The highest BCUT2D eigenvalue weighted by Gasteiger charge is 2.04. The fourth-order valence-electron chi connectivity index (χ4n) is 2.12. The molecule has 0 aliphatic carbocycles. The summed E-state index contributed by atoms with van der Waals surface area (Å²) >= 11 is 0. The van der Waals surface area contributed by atoms with Crippen LogP contribution in [0.5, 0.6) is 5.75 Å². The summed E-state index contributed by atoms with van der Waals surface area (Å²) in [5.74, 6) is 1.06. The lowest BCUT2D eigenvalue weighted by Crippen LogP contribution is -2.38. The highest BCUT2D eigenvalue weighted by atomic mass is 19.3. The van der Waals surface area contributed by atoms with E-state index in [1.807, 2.05) is 6.07 Å². The highest BCUT2D eigenvalue weighted by Crippen LogP contribution is 2.14. The van der Waals surface area contributed by atoms with E-state index in [0.717, 1.165) is 25.0 Å². The van der Waals surface area contributed by atoms with Gasteiger partial charge >= 0.3 is 0 Å². The fourth-order valence-corrected chi connectivity index (χ4v) is 2.12. The van der Waals surface area contributed by atoms with Crippen molar-refractivity contribution in [1.29, 1.82) is 0 Å². The second-order valence-corrected chi connectivity index (χ2v) is 5.78. The molecule has 0 aliphatic heterocycles. The molecule has 0 heterocycles. The largest absolute Gasteiger partial charge is 0.488 e. The second kappa shape index (κ2) is 15.2. The minimum Gasteiger partial charge on any atom is -0.488 e. The van der Waals surface area contributed by atoms with Gasteiger partial charge in [-0.3, -0.25) is 4.99 Å². The maximum Gasteiger partial charge on any atom is 0.272 e. The molecule has 0 amide bonds. The van der Waals surface area contributed by atoms with E-state index in [-0.39, 0.29) is 0 Å². The van der Waals surface area contributed by atoms with E-state index >= 15 is 0 Å². The van der Waals surface area contributed by atoms with E-state index in [4.69, 9.17) is 14.2 Å². The van der Waals surface area contributed by atoms with E-state index in [1.165, 1.54) is 0 Å². The van der Waals surface area contributed by atoms with Crippen LogP contribution in [0.25, 0.3) is 0 Å². The molecule has 6 nitrogen and oxygen atoms in total. The first-order valence-electron chi connectivity index (χ1n) is 9.25. The Morgan fingerprint density at radius 2 is 1.89 bits per heavy atom. The molecule has 1 aromatic carbocycles. The van der Waals surface area contributed by atoms with Crippen LogP contribution >= 0.6 is 0 Å². The SMILES string of the molecule is CCCCOCCOCCNC(=NC)NCc1cccc(OCC(F)F)c1. The number of unbranched alkanes of at least 4 members (excludes halogenated alkanes) is 1. The van der Waals surface area contributed by atoms with Crippen molar-refractivity contribution >= 4 is 5.96 Å². The highest BCUT2D eigenvalue weighted by molar-refractivity contribution is 5.79. The monoisotopic (exact) mass is 387 g/mol. The van der Waals surface area contributed by atoms with Crippen molar-refractivity contribution in [2.24, 2.45) is 4.99 Å². The van der Waals surface area contributed by atoms with Crippen LogP contribution in [0.2, 0.25) is 0 Å². The molecular formula is C19H31F2N3O3. The number of hydrogen-bond acceptors (Lipinski definition) is 4. The van der Waals surface area contributed by atoms with E-state index in [0.29, 0.717) is 44.6 Å². The van der Waals surface area contributed by atoms with Crippen molar-refractivity contribution in [2.45, 2.75) is 32.7 Å². The Bertz CT molecular complexity index is 531. The molecule has 2 N–H and O–H groups in total. The molecule has 0 saturated heterocycles. The number of nitrogens with zero attached hydrogens (tertiary/aromatic N) is 1. The van der Waals surface area contributed by atoms with Crippen LogP contribution in [0.4, 0.5) is 8.78 Å². The van der Waals surface area contributed by atoms with Gasteiger partial charge in [-0.15, -0.1) is 0 Å². The molecule has 0 spiro atoms. The normalized spacial score (nSPS) is 11.7. The van der Waals surface area contributed by atoms with Crippen LogP contribution in [0, 0.1) is 0 Å². The van der Waals surface area contributed by atoms with Gasteiger partial charge in [-0.05, 0) is 24.1 Å². The van der Waals surface area contributed by atoms with E-state index in [9.17, 15) is 8.78 Å². The number of rotatable bonds is 14. The Labute approximate surface area is 160 Å². The minimum atomic E-state index is -2.49. The summed E-state index contributed by atoms with van der Waals surface area (Å²) in [5.41, 5.74) is 0.908. The molecule has 0 fully saturated rings. The number of hydrogen-bond donors (Lipinski definition) is 2. The van der Waals surface area contributed by atoms with Gasteiger partial charge in [-0.25, -0.2) is 8.78 Å². The van der Waals surface area contributed by atoms with Gasteiger partial charge in [0.2, 0.25) is 0 Å². The predicted molar refractivity (Wildman–Crippen MR) is 103 cm³/mol. The number of halogens is 2. The van der Waals surface area contributed by atoms with Gasteiger partial charge in [0.05, 0.1) is 19.8 Å². The lowest BCUT2D eigenvalue weighted by Gasteiger charge is -2.13. The summed E-state index contributed by atoms with van der Waals surface area (Å²) in [4.78, 5) is 4.14. The molecule has 0 atom stereocenters. The van der Waals surface area contributed by atoms with Crippen molar-refractivity contribution in [3.8, 4) is 5.75 Å². The van der Waals surface area contributed by atoms with Crippen molar-refractivity contribution in [3.63, 3.8) is 0 Å². The van der Waals surface area contributed by atoms with Crippen molar-refractivity contribution in [2.75, 3.05) is 46.6 Å². The molecule has 27 heavy (non-hydrogen) atoms. The van der Waals surface area contributed by atoms with Crippen LogP contribution < -0.4 is 15.4 Å². The average Bonchev–Trinajstić information content (AvgIpc) is 2.67. The summed E-state index contributed by atoms with van der Waals surface area (Å²) in [6.45, 7) is 5.15. The maximum atomic E-state index is 12.2. The van der Waals surface area contributed by atoms with Gasteiger partial charge in [0.15, 0.2) is 5.96 Å². The molecular weight excluding hydrogens is 356 g/mol. The zero-order valence-corrected chi connectivity index (χ0v) is 16.2. The third-order valence-corrected chi connectivity index (χ3v) is 3.51. The van der Waals surface area contributed by atoms with Crippen LogP contribution in [-0.2, 0) is 16.0 Å². The maximum absolute atomic E-state index is 12.2. The van der Waals surface area contributed by atoms with Gasteiger partial charge in [0.25, 0.3) is 6.43 Å². The molecule has 0 saturated carbocycles. The van der Waals surface area contributed by atoms with Gasteiger partial charge < -0.3 is 24.8 Å². The van der Waals surface area contributed by atoms with Crippen molar-refractivity contribution in [3.05, 3.63) is 29.8 Å². The molecule has 0 unspecified atom stereocenters. The zero-order chi connectivity index (χ0) is 19.7. The summed E-state index contributed by atoms with van der Waals surface area (Å²) < 4.78 is 40.3. The van der Waals surface area contributed by atoms with E-state index in [1.54, 1.807) is 25.2 Å². The van der Waals surface area contributed by atoms with Crippen LogP contribution in [0.1, 0.15) is 25.3 Å². The quantitative estimate of drug-likeness (QED) is 0.292. The Balaban J connectivity index is 2.18. The van der Waals surface area contributed by atoms with Crippen LogP contribution in [0.15, 0.2) is 29.3 Å². The van der Waals surface area contributed by atoms with Crippen LogP contribution in [0.3, 0.4) is 0 Å². The van der Waals surface area contributed by atoms with Gasteiger partial charge in [0.1, 0.15) is 12.4 Å². The first-order chi connectivity index (χ1) is 13.2. The average molecular weight is 387 g/mol. The Hall–Kier alpha value is -1.93. The number of ether oxygens (including phenoxy) is 3. The zero-order valence-electron chi connectivity index (χ0n) is 16.2. The number of aliphatic imine (C=N–C) groups is 1. The minimum absolute atomic E-state index is 0.423. The summed E-state index contributed by atoms with van der Waals surface area (Å²) in [7, 11) is 1.68. The Kier molecular flexibility index (Phi) is 13.0. The summed E-state index contributed by atoms with van der Waals surface area (Å²) in [6.07, 6.45) is -0.283. The molecule has 8 heteroatoms. The molecule has 1 aromatic rings. The van der Waals surface area contributed by atoms with Crippen molar-refractivity contribution in [1.82, 2.24) is 10.6 Å². The number of benzene rings is 1. The molecule has 1 rings (SSSR count). The molecule has 0 bridgehead atoms. The Morgan fingerprint density at radius 3 is 2.59 bits per heavy atom. The lowest BCUT2D eigenvalue weighted by molar-refractivity contribution is 0.0487. The standard InChI is InChI=1S/C19H31F2N3O3/c1-3-4-9-25-11-12-26-10-8-23-19(22-2)24-14-16-6-5-7-17(13-16)27-15-18(20)21/h5-7,13,18H,3-4,8-12,14-15H2,1-2H3,(H2,22,23,24). The van der Waals surface area contributed by atoms with E-state index in [2.05, 4.69) is 22.5 Å². The molecule has 0 aliphatic rings. The van der Waals surface area contributed by atoms with Crippen LogP contribution in [-0.4, -0.2) is 59.0 Å². The Morgan fingerprint density at radius 1 is 1.11 bits per heavy atom. The third-order valence-electron chi connectivity index (χ3n) is 3.51. The first kappa shape index (κ1) is 23.1. The van der Waals surface area contributed by atoms with Gasteiger partial charge in [-0.2, -0.15) is 0 Å². The lowest BCUT2D eigenvalue weighted by atomic mass is 10.2. The van der Waals surface area contributed by atoms with E-state index < -0.39 is 13.0 Å². The molecule has 0 radical (unpaired) electrons. The fraction of sp³-hybridized carbons (Fsp3) is 0.632. The summed E-state index contributed by atoms with van der Waals surface area (Å²) in [5, 5.41) is 6.31. The topological polar surface area (TPSA) is 64.1 Å². The number of nitrogens with one attached hydrogen (secondary N) is 2. The third kappa shape index (κ3) is 12.1.